The van der Waals surface area contributed by atoms with Crippen LogP contribution in [0, 0.1) is 5.92 Å². The summed E-state index contributed by atoms with van der Waals surface area (Å²) >= 11 is 0. The van der Waals surface area contributed by atoms with Gasteiger partial charge in [-0.25, -0.2) is 0 Å². The predicted octanol–water partition coefficient (Wildman–Crippen LogP) is 1.56. The maximum absolute atomic E-state index is 5.41. The molecule has 0 bridgehead atoms. The third-order valence-corrected chi connectivity index (χ3v) is 4.12. The molecule has 1 unspecified atom stereocenters. The van der Waals surface area contributed by atoms with Crippen LogP contribution in [0.1, 0.15) is 30.0 Å². The van der Waals surface area contributed by atoms with Crippen molar-refractivity contribution < 1.29 is 9.47 Å². The standard InChI is InChI=1S/C14H23N3O2.ClH/c1-18-10-13-7-15-6-12-9-17(16-14(12)13)8-11-2-4-19-5-3-11;/h9,11,13,15H,2-8,10H2,1H3;1H. The first-order valence-corrected chi connectivity index (χ1v) is 7.20. The van der Waals surface area contributed by atoms with Gasteiger partial charge >= 0.3 is 0 Å². The van der Waals surface area contributed by atoms with Gasteiger partial charge in [0.25, 0.3) is 0 Å². The average Bonchev–Trinajstić information content (AvgIpc) is 2.84. The van der Waals surface area contributed by atoms with E-state index in [-0.39, 0.29) is 12.4 Å². The second kappa shape index (κ2) is 7.41. The Balaban J connectivity index is 0.00000147. The van der Waals surface area contributed by atoms with E-state index in [1.54, 1.807) is 7.11 Å². The van der Waals surface area contributed by atoms with Crippen molar-refractivity contribution in [2.24, 2.45) is 5.92 Å². The molecular formula is C14H24ClN3O2. The fourth-order valence-corrected chi connectivity index (χ4v) is 3.06. The molecule has 3 rings (SSSR count). The van der Waals surface area contributed by atoms with E-state index < -0.39 is 0 Å². The molecule has 0 radical (unpaired) electrons. The van der Waals surface area contributed by atoms with Gasteiger partial charge in [0.2, 0.25) is 0 Å². The molecule has 5 nitrogen and oxygen atoms in total. The van der Waals surface area contributed by atoms with Gasteiger partial charge in [0.1, 0.15) is 0 Å². The number of nitrogens with one attached hydrogen (secondary N) is 1. The van der Waals surface area contributed by atoms with Crippen molar-refractivity contribution in [2.45, 2.75) is 31.8 Å². The average molecular weight is 302 g/mol. The first-order chi connectivity index (χ1) is 9.36. The molecule has 1 atom stereocenters. The minimum Gasteiger partial charge on any atom is -0.384 e. The van der Waals surface area contributed by atoms with Crippen LogP contribution in [0.4, 0.5) is 0 Å². The first kappa shape index (κ1) is 15.8. The highest BCUT2D eigenvalue weighted by molar-refractivity contribution is 5.85. The molecule has 0 aromatic carbocycles. The molecule has 1 fully saturated rings. The van der Waals surface area contributed by atoms with Crippen molar-refractivity contribution in [1.29, 1.82) is 0 Å². The van der Waals surface area contributed by atoms with E-state index >= 15 is 0 Å². The van der Waals surface area contributed by atoms with Crippen LogP contribution in [0.25, 0.3) is 0 Å². The minimum absolute atomic E-state index is 0. The molecular weight excluding hydrogens is 278 g/mol. The summed E-state index contributed by atoms with van der Waals surface area (Å²) in [4.78, 5) is 0. The zero-order valence-corrected chi connectivity index (χ0v) is 12.8. The zero-order chi connectivity index (χ0) is 13.1. The number of rotatable bonds is 4. The first-order valence-electron chi connectivity index (χ1n) is 7.20. The van der Waals surface area contributed by atoms with Crippen LogP contribution in [0.5, 0.6) is 0 Å². The van der Waals surface area contributed by atoms with Crippen LogP contribution in [0.3, 0.4) is 0 Å². The molecule has 2 aliphatic rings. The van der Waals surface area contributed by atoms with Gasteiger partial charge in [-0.05, 0) is 18.8 Å². The zero-order valence-electron chi connectivity index (χ0n) is 12.0. The summed E-state index contributed by atoms with van der Waals surface area (Å²) in [5, 5.41) is 8.24. The number of nitrogens with zero attached hydrogens (tertiary/aromatic N) is 2. The molecule has 0 spiro atoms. The molecule has 20 heavy (non-hydrogen) atoms. The smallest absolute Gasteiger partial charge is 0.0736 e. The molecule has 6 heteroatoms. The molecule has 2 aliphatic heterocycles. The Morgan fingerprint density at radius 1 is 1.45 bits per heavy atom. The summed E-state index contributed by atoms with van der Waals surface area (Å²) in [6, 6.07) is 0. The van der Waals surface area contributed by atoms with E-state index in [0.29, 0.717) is 11.8 Å². The SMILES string of the molecule is COCC1CNCc2cn(CC3CCOCC3)nc21.Cl. The van der Waals surface area contributed by atoms with Crippen molar-refractivity contribution in [3.05, 3.63) is 17.5 Å². The van der Waals surface area contributed by atoms with Gasteiger partial charge in [0.05, 0.1) is 12.3 Å². The number of halogens is 1. The number of aromatic nitrogens is 2. The van der Waals surface area contributed by atoms with Gasteiger partial charge in [-0.1, -0.05) is 0 Å². The minimum atomic E-state index is 0. The molecule has 1 aromatic heterocycles. The highest BCUT2D eigenvalue weighted by Crippen LogP contribution is 2.24. The number of fused-ring (bicyclic) bond motifs is 1. The highest BCUT2D eigenvalue weighted by Gasteiger charge is 2.24. The van der Waals surface area contributed by atoms with Gasteiger partial charge in [-0.15, -0.1) is 12.4 Å². The van der Waals surface area contributed by atoms with Crippen molar-refractivity contribution in [3.8, 4) is 0 Å². The summed E-state index contributed by atoms with van der Waals surface area (Å²) < 4.78 is 12.8. The molecule has 0 aliphatic carbocycles. The van der Waals surface area contributed by atoms with E-state index in [1.165, 1.54) is 11.3 Å². The summed E-state index contributed by atoms with van der Waals surface area (Å²) in [6.45, 7) is 5.47. The number of methoxy groups -OCH3 is 1. The fraction of sp³-hybridized carbons (Fsp3) is 0.786. The van der Waals surface area contributed by atoms with Gasteiger partial charge in [0.15, 0.2) is 0 Å². The summed E-state index contributed by atoms with van der Waals surface area (Å²) in [7, 11) is 1.76. The summed E-state index contributed by atoms with van der Waals surface area (Å²) in [5.74, 6) is 1.11. The van der Waals surface area contributed by atoms with E-state index in [4.69, 9.17) is 14.6 Å². The van der Waals surface area contributed by atoms with E-state index in [0.717, 1.165) is 52.3 Å². The van der Waals surface area contributed by atoms with Crippen LogP contribution < -0.4 is 5.32 Å². The normalized spacial score (nSPS) is 23.1. The van der Waals surface area contributed by atoms with E-state index in [1.807, 2.05) is 0 Å². The maximum atomic E-state index is 5.41. The lowest BCUT2D eigenvalue weighted by Gasteiger charge is -2.22. The highest BCUT2D eigenvalue weighted by atomic mass is 35.5. The van der Waals surface area contributed by atoms with E-state index in [9.17, 15) is 0 Å². The fourth-order valence-electron chi connectivity index (χ4n) is 3.06. The van der Waals surface area contributed by atoms with Crippen molar-refractivity contribution in [3.63, 3.8) is 0 Å². The summed E-state index contributed by atoms with van der Waals surface area (Å²) in [6.07, 6.45) is 4.52. The number of hydrogen-bond acceptors (Lipinski definition) is 4. The Hall–Kier alpha value is -0.620. The van der Waals surface area contributed by atoms with Gasteiger partial charge in [-0.3, -0.25) is 4.68 Å². The number of hydrogen-bond donors (Lipinski definition) is 1. The van der Waals surface area contributed by atoms with E-state index in [2.05, 4.69) is 16.2 Å². The Kier molecular flexibility index (Phi) is 5.84. The van der Waals surface area contributed by atoms with Crippen LogP contribution in [-0.2, 0) is 22.6 Å². The summed E-state index contributed by atoms with van der Waals surface area (Å²) in [5.41, 5.74) is 2.56. The Labute approximate surface area is 126 Å². The lowest BCUT2D eigenvalue weighted by Crippen LogP contribution is -2.30. The van der Waals surface area contributed by atoms with Crippen molar-refractivity contribution >= 4 is 12.4 Å². The van der Waals surface area contributed by atoms with Gasteiger partial charge in [-0.2, -0.15) is 5.10 Å². The van der Waals surface area contributed by atoms with Crippen LogP contribution in [-0.4, -0.2) is 43.3 Å². The second-order valence-corrected chi connectivity index (χ2v) is 5.60. The predicted molar refractivity (Wildman–Crippen MR) is 79.3 cm³/mol. The van der Waals surface area contributed by atoms with Gasteiger partial charge < -0.3 is 14.8 Å². The molecule has 1 saturated heterocycles. The third-order valence-electron chi connectivity index (χ3n) is 4.12. The number of ether oxygens (including phenoxy) is 2. The molecule has 1 aromatic rings. The second-order valence-electron chi connectivity index (χ2n) is 5.60. The topological polar surface area (TPSA) is 48.3 Å². The Morgan fingerprint density at radius 2 is 2.25 bits per heavy atom. The lowest BCUT2D eigenvalue weighted by atomic mass is 9.99. The Morgan fingerprint density at radius 3 is 3.00 bits per heavy atom. The molecule has 3 heterocycles. The third kappa shape index (κ3) is 3.52. The monoisotopic (exact) mass is 301 g/mol. The molecule has 0 amide bonds. The molecule has 1 N–H and O–H groups in total. The van der Waals surface area contributed by atoms with Crippen LogP contribution in [0.15, 0.2) is 6.20 Å². The lowest BCUT2D eigenvalue weighted by molar-refractivity contribution is 0.0601. The van der Waals surface area contributed by atoms with Crippen molar-refractivity contribution in [1.82, 2.24) is 15.1 Å². The quantitative estimate of drug-likeness (QED) is 0.917. The maximum Gasteiger partial charge on any atom is 0.0736 e. The van der Waals surface area contributed by atoms with Crippen LogP contribution >= 0.6 is 12.4 Å². The van der Waals surface area contributed by atoms with Crippen LogP contribution in [0.2, 0.25) is 0 Å². The Bertz CT molecular complexity index is 419. The largest absolute Gasteiger partial charge is 0.384 e. The molecule has 0 saturated carbocycles. The van der Waals surface area contributed by atoms with Crippen molar-refractivity contribution in [2.75, 3.05) is 33.5 Å². The molecule has 114 valence electrons. The van der Waals surface area contributed by atoms with Gasteiger partial charge in [0, 0.05) is 57.6 Å².